The average Bonchev–Trinajstić information content (AvgIpc) is 2.83. The summed E-state index contributed by atoms with van der Waals surface area (Å²) in [7, 11) is 1.20. The van der Waals surface area contributed by atoms with E-state index >= 15 is 0 Å². The van der Waals surface area contributed by atoms with Gasteiger partial charge in [-0.1, -0.05) is 47.5 Å². The first kappa shape index (κ1) is 19.3. The highest BCUT2D eigenvalue weighted by atomic mass is 35.5. The van der Waals surface area contributed by atoms with Crippen molar-refractivity contribution in [3.63, 3.8) is 0 Å². The Morgan fingerprint density at radius 1 is 1.26 bits per heavy atom. The van der Waals surface area contributed by atoms with Crippen LogP contribution in [0.25, 0.3) is 6.08 Å². The molecule has 0 saturated heterocycles. The number of nitrogens with zero attached hydrogens (tertiary/aromatic N) is 1. The fraction of sp³-hybridized carbons (Fsp3) is 0.158. The zero-order valence-corrected chi connectivity index (χ0v) is 15.5. The molecule has 140 valence electrons. The second-order valence-corrected chi connectivity index (χ2v) is 6.64. The van der Waals surface area contributed by atoms with Gasteiger partial charge in [0.25, 0.3) is 0 Å². The number of ether oxygens (including phenoxy) is 1. The highest BCUT2D eigenvalue weighted by Crippen LogP contribution is 2.47. The van der Waals surface area contributed by atoms with Crippen LogP contribution in [0, 0.1) is 0 Å². The van der Waals surface area contributed by atoms with Crippen LogP contribution in [0.15, 0.2) is 42.5 Å². The summed E-state index contributed by atoms with van der Waals surface area (Å²) < 4.78 is 33.6. The van der Waals surface area contributed by atoms with E-state index in [1.807, 2.05) is 0 Å². The molecule has 0 bridgehead atoms. The van der Waals surface area contributed by atoms with Gasteiger partial charge in [-0.2, -0.15) is 8.78 Å². The fourth-order valence-corrected chi connectivity index (χ4v) is 3.30. The van der Waals surface area contributed by atoms with E-state index in [9.17, 15) is 18.4 Å². The van der Waals surface area contributed by atoms with Gasteiger partial charge in [-0.25, -0.2) is 4.79 Å². The van der Waals surface area contributed by atoms with E-state index in [1.165, 1.54) is 37.5 Å². The predicted octanol–water partition coefficient (Wildman–Crippen LogP) is 4.82. The summed E-state index contributed by atoms with van der Waals surface area (Å²) in [4.78, 5) is 24.7. The van der Waals surface area contributed by atoms with Gasteiger partial charge in [0.15, 0.2) is 0 Å². The third-order valence-corrected chi connectivity index (χ3v) is 4.72. The van der Waals surface area contributed by atoms with Crippen molar-refractivity contribution in [3.05, 3.63) is 69.2 Å². The third kappa shape index (κ3) is 3.55. The molecule has 1 heterocycles. The second-order valence-electron chi connectivity index (χ2n) is 5.80. The number of rotatable bonds is 4. The smallest absolute Gasteiger partial charge is 0.352 e. The molecule has 1 aliphatic heterocycles. The minimum atomic E-state index is -3.68. The predicted molar refractivity (Wildman–Crippen MR) is 99.0 cm³/mol. The van der Waals surface area contributed by atoms with E-state index in [0.29, 0.717) is 10.6 Å². The van der Waals surface area contributed by atoms with Crippen LogP contribution in [0.1, 0.15) is 16.7 Å². The van der Waals surface area contributed by atoms with Crippen LogP contribution in [-0.2, 0) is 26.8 Å². The number of hydrogen-bond acceptors (Lipinski definition) is 3. The Bertz CT molecular complexity index is 960. The largest absolute Gasteiger partial charge is 0.466 e. The highest BCUT2D eigenvalue weighted by Gasteiger charge is 2.53. The number of alkyl halides is 2. The van der Waals surface area contributed by atoms with Crippen molar-refractivity contribution in [2.45, 2.75) is 12.5 Å². The van der Waals surface area contributed by atoms with Gasteiger partial charge >= 0.3 is 17.8 Å². The summed E-state index contributed by atoms with van der Waals surface area (Å²) in [6.07, 6.45) is 2.43. The van der Waals surface area contributed by atoms with E-state index in [-0.39, 0.29) is 22.8 Å². The van der Waals surface area contributed by atoms with Gasteiger partial charge in [0.1, 0.15) is 0 Å². The molecule has 0 saturated carbocycles. The molecule has 1 aliphatic rings. The summed E-state index contributed by atoms with van der Waals surface area (Å²) in [5, 5.41) is 0.651. The third-order valence-electron chi connectivity index (χ3n) is 4.13. The fourth-order valence-electron chi connectivity index (χ4n) is 2.83. The van der Waals surface area contributed by atoms with Crippen LogP contribution < -0.4 is 4.90 Å². The zero-order valence-electron chi connectivity index (χ0n) is 14.0. The minimum absolute atomic E-state index is 0.0265. The van der Waals surface area contributed by atoms with E-state index in [2.05, 4.69) is 4.74 Å². The van der Waals surface area contributed by atoms with Gasteiger partial charge in [0, 0.05) is 16.1 Å². The number of methoxy groups -OCH3 is 1. The molecule has 0 atom stereocenters. The number of halogens is 4. The molecular weight excluding hydrogens is 399 g/mol. The minimum Gasteiger partial charge on any atom is -0.466 e. The van der Waals surface area contributed by atoms with Crippen LogP contribution in [0.4, 0.5) is 14.5 Å². The van der Waals surface area contributed by atoms with E-state index in [0.717, 1.165) is 11.0 Å². The lowest BCUT2D eigenvalue weighted by molar-refractivity contribution is -0.141. The number of anilines is 1. The summed E-state index contributed by atoms with van der Waals surface area (Å²) in [5.74, 6) is -5.68. The maximum absolute atomic E-state index is 14.5. The summed E-state index contributed by atoms with van der Waals surface area (Å²) in [5.41, 5.74) is 0.349. The molecule has 2 aromatic carbocycles. The summed E-state index contributed by atoms with van der Waals surface area (Å²) in [6, 6.07) is 8.72. The molecule has 0 unspecified atom stereocenters. The Morgan fingerprint density at radius 3 is 2.67 bits per heavy atom. The first-order chi connectivity index (χ1) is 12.8. The van der Waals surface area contributed by atoms with Crippen molar-refractivity contribution >= 4 is 46.8 Å². The maximum Gasteiger partial charge on any atom is 0.352 e. The highest BCUT2D eigenvalue weighted by molar-refractivity contribution is 6.35. The molecule has 27 heavy (non-hydrogen) atoms. The number of hydrogen-bond donors (Lipinski definition) is 0. The Hall–Kier alpha value is -2.44. The molecule has 1 amide bonds. The lowest BCUT2D eigenvalue weighted by atomic mass is 10.0. The molecule has 0 aliphatic carbocycles. The molecule has 0 aromatic heterocycles. The molecule has 0 spiro atoms. The Labute approximate surface area is 163 Å². The average molecular weight is 412 g/mol. The number of para-hydroxylation sites is 1. The molecule has 0 fully saturated rings. The summed E-state index contributed by atoms with van der Waals surface area (Å²) in [6.45, 7) is -0.166. The molecule has 0 radical (unpaired) electrons. The van der Waals surface area contributed by atoms with Crippen molar-refractivity contribution < 1.29 is 23.1 Å². The van der Waals surface area contributed by atoms with E-state index < -0.39 is 23.4 Å². The first-order valence-electron chi connectivity index (χ1n) is 7.79. The lowest BCUT2D eigenvalue weighted by Crippen LogP contribution is -2.34. The number of fused-ring (bicyclic) bond motifs is 1. The van der Waals surface area contributed by atoms with Gasteiger partial charge in [-0.15, -0.1) is 0 Å². The van der Waals surface area contributed by atoms with Gasteiger partial charge in [0.2, 0.25) is 0 Å². The molecule has 2 aromatic rings. The van der Waals surface area contributed by atoms with Crippen LogP contribution >= 0.6 is 23.2 Å². The van der Waals surface area contributed by atoms with Crippen LogP contribution in [0.3, 0.4) is 0 Å². The zero-order chi connectivity index (χ0) is 19.8. The Kier molecular flexibility index (Phi) is 5.22. The van der Waals surface area contributed by atoms with Gasteiger partial charge in [0.05, 0.1) is 24.9 Å². The molecular formula is C19H13Cl2F2NO3. The van der Waals surface area contributed by atoms with Crippen molar-refractivity contribution in [3.8, 4) is 0 Å². The topological polar surface area (TPSA) is 46.6 Å². The van der Waals surface area contributed by atoms with E-state index in [1.54, 1.807) is 12.1 Å². The van der Waals surface area contributed by atoms with Crippen molar-refractivity contribution in [2.24, 2.45) is 0 Å². The van der Waals surface area contributed by atoms with Gasteiger partial charge in [-0.05, 0) is 29.3 Å². The van der Waals surface area contributed by atoms with Crippen molar-refractivity contribution in [1.82, 2.24) is 0 Å². The number of carbonyl (C=O) groups excluding carboxylic acids is 2. The standard InChI is InChI=1S/C19H13Cl2F2NO3/c1-27-16(25)8-6-11-3-2-4-14-17(11)24(18(26)19(14,22)23)10-12-5-7-13(20)9-15(12)21/h2-9H,10H2,1H3/b8-6+. The molecule has 4 nitrogen and oxygen atoms in total. The monoisotopic (exact) mass is 411 g/mol. The maximum atomic E-state index is 14.5. The molecule has 3 rings (SSSR count). The molecule has 0 N–H and O–H groups in total. The Morgan fingerprint density at radius 2 is 2.00 bits per heavy atom. The number of carbonyl (C=O) groups is 2. The van der Waals surface area contributed by atoms with Gasteiger partial charge in [-0.3, -0.25) is 4.79 Å². The lowest BCUT2D eigenvalue weighted by Gasteiger charge is -2.20. The SMILES string of the molecule is COC(=O)/C=C/c1cccc2c1N(Cc1ccc(Cl)cc1Cl)C(=O)C2(F)F. The van der Waals surface area contributed by atoms with Crippen molar-refractivity contribution in [2.75, 3.05) is 12.0 Å². The molecule has 8 heteroatoms. The van der Waals surface area contributed by atoms with Crippen LogP contribution in [-0.4, -0.2) is 19.0 Å². The van der Waals surface area contributed by atoms with Crippen LogP contribution in [0.5, 0.6) is 0 Å². The number of esters is 1. The Balaban J connectivity index is 2.08. The number of benzene rings is 2. The quantitative estimate of drug-likeness (QED) is 0.535. The van der Waals surface area contributed by atoms with Crippen molar-refractivity contribution in [1.29, 1.82) is 0 Å². The summed E-state index contributed by atoms with van der Waals surface area (Å²) >= 11 is 12.0. The number of amides is 1. The van der Waals surface area contributed by atoms with E-state index in [4.69, 9.17) is 23.2 Å². The second kappa shape index (κ2) is 7.29. The normalized spacial score (nSPS) is 15.3. The van der Waals surface area contributed by atoms with Gasteiger partial charge < -0.3 is 9.64 Å². The first-order valence-corrected chi connectivity index (χ1v) is 8.54. The van der Waals surface area contributed by atoms with Crippen LogP contribution in [0.2, 0.25) is 10.0 Å².